The van der Waals surface area contributed by atoms with Gasteiger partial charge in [0.2, 0.25) is 0 Å². The summed E-state index contributed by atoms with van der Waals surface area (Å²) < 4.78 is 4.66. The number of carbonyl (C=O) groups excluding carboxylic acids is 1. The second-order valence-electron chi connectivity index (χ2n) is 4.65. The molecule has 1 aliphatic heterocycles. The zero-order valence-electron chi connectivity index (χ0n) is 11.0. The van der Waals surface area contributed by atoms with Gasteiger partial charge < -0.3 is 14.7 Å². The Morgan fingerprint density at radius 3 is 2.85 bits per heavy atom. The molecule has 20 heavy (non-hydrogen) atoms. The molecule has 7 nitrogen and oxygen atoms in total. The molecule has 2 aromatic heterocycles. The van der Waals surface area contributed by atoms with Crippen molar-refractivity contribution in [2.75, 3.05) is 23.3 Å². The Morgan fingerprint density at radius 1 is 1.25 bits per heavy atom. The molecular formula is C13H15N5O2. The van der Waals surface area contributed by atoms with Crippen molar-refractivity contribution in [1.29, 1.82) is 0 Å². The van der Waals surface area contributed by atoms with Crippen LogP contribution >= 0.6 is 0 Å². The van der Waals surface area contributed by atoms with E-state index in [4.69, 9.17) is 0 Å². The third-order valence-electron chi connectivity index (χ3n) is 3.24. The lowest BCUT2D eigenvalue weighted by Gasteiger charge is -2.27. The molecular weight excluding hydrogens is 258 g/mol. The first-order valence-corrected chi connectivity index (χ1v) is 6.62. The van der Waals surface area contributed by atoms with Crippen LogP contribution < -0.4 is 10.2 Å². The van der Waals surface area contributed by atoms with E-state index in [1.807, 2.05) is 0 Å². The van der Waals surface area contributed by atoms with Crippen LogP contribution in [0.5, 0.6) is 0 Å². The van der Waals surface area contributed by atoms with Crippen LogP contribution in [0.3, 0.4) is 0 Å². The first kappa shape index (κ1) is 12.6. The largest absolute Gasteiger partial charge is 0.363 e. The van der Waals surface area contributed by atoms with Gasteiger partial charge in [-0.25, -0.2) is 9.97 Å². The normalized spacial score (nSPS) is 15.1. The number of amides is 1. The fourth-order valence-electron chi connectivity index (χ4n) is 2.22. The van der Waals surface area contributed by atoms with E-state index < -0.39 is 0 Å². The van der Waals surface area contributed by atoms with Crippen molar-refractivity contribution in [1.82, 2.24) is 15.1 Å². The maximum Gasteiger partial charge on any atom is 0.275 e. The lowest BCUT2D eigenvalue weighted by atomic mass is 10.1. The van der Waals surface area contributed by atoms with Crippen LogP contribution in [0.2, 0.25) is 0 Å². The Morgan fingerprint density at radius 2 is 2.10 bits per heavy atom. The number of hydrogen-bond acceptors (Lipinski definition) is 6. The van der Waals surface area contributed by atoms with Crippen LogP contribution in [-0.2, 0) is 0 Å². The summed E-state index contributed by atoms with van der Waals surface area (Å²) in [4.78, 5) is 22.5. The summed E-state index contributed by atoms with van der Waals surface area (Å²) in [6.45, 7) is 1.95. The van der Waals surface area contributed by atoms with Gasteiger partial charge in [-0.05, 0) is 19.3 Å². The molecule has 2 aromatic rings. The monoisotopic (exact) mass is 273 g/mol. The van der Waals surface area contributed by atoms with Gasteiger partial charge in [0.15, 0.2) is 5.82 Å². The highest BCUT2D eigenvalue weighted by molar-refractivity contribution is 6.02. The second kappa shape index (κ2) is 5.68. The van der Waals surface area contributed by atoms with E-state index in [0.717, 1.165) is 31.7 Å². The molecule has 0 spiro atoms. The molecule has 1 N–H and O–H groups in total. The highest BCUT2D eigenvalue weighted by atomic mass is 16.5. The maximum atomic E-state index is 12.0. The molecule has 1 fully saturated rings. The summed E-state index contributed by atoms with van der Waals surface area (Å²) in [6.07, 6.45) is 6.38. The summed E-state index contributed by atoms with van der Waals surface area (Å²) in [5.41, 5.74) is 0.323. The molecule has 0 unspecified atom stereocenters. The molecule has 0 aliphatic carbocycles. The lowest BCUT2D eigenvalue weighted by Crippen LogP contribution is -2.30. The Hall–Kier alpha value is -2.44. The van der Waals surface area contributed by atoms with Crippen molar-refractivity contribution in [2.45, 2.75) is 19.3 Å². The summed E-state index contributed by atoms with van der Waals surface area (Å²) in [7, 11) is 0. The van der Waals surface area contributed by atoms with Gasteiger partial charge in [-0.3, -0.25) is 4.79 Å². The number of carbonyl (C=O) groups is 1. The van der Waals surface area contributed by atoms with Crippen molar-refractivity contribution < 1.29 is 9.32 Å². The van der Waals surface area contributed by atoms with Crippen LogP contribution in [0.25, 0.3) is 0 Å². The van der Waals surface area contributed by atoms with Crippen LogP contribution in [0, 0.1) is 0 Å². The summed E-state index contributed by atoms with van der Waals surface area (Å²) in [5, 5.41) is 6.25. The van der Waals surface area contributed by atoms with Crippen LogP contribution in [-0.4, -0.2) is 34.1 Å². The van der Waals surface area contributed by atoms with Gasteiger partial charge in [0.05, 0.1) is 0 Å². The van der Waals surface area contributed by atoms with Crippen LogP contribution in [0.1, 0.15) is 29.8 Å². The zero-order valence-corrected chi connectivity index (χ0v) is 11.0. The molecule has 0 bridgehead atoms. The molecule has 1 aliphatic rings. The SMILES string of the molecule is O=C(Nc1ccon1)c1cc(N2CCCCC2)ncn1. The van der Waals surface area contributed by atoms with Gasteiger partial charge >= 0.3 is 0 Å². The number of anilines is 2. The number of nitrogens with one attached hydrogen (secondary N) is 1. The minimum Gasteiger partial charge on any atom is -0.363 e. The highest BCUT2D eigenvalue weighted by Crippen LogP contribution is 2.17. The standard InChI is InChI=1S/C13H15N5O2/c19-13(16-11-4-7-20-17-11)10-8-12(15-9-14-10)18-5-2-1-3-6-18/h4,7-9H,1-3,5-6H2,(H,16,17,19). The van der Waals surface area contributed by atoms with Crippen molar-refractivity contribution >= 4 is 17.5 Å². The van der Waals surface area contributed by atoms with Gasteiger partial charge in [-0.15, -0.1) is 0 Å². The quantitative estimate of drug-likeness (QED) is 0.916. The molecule has 7 heteroatoms. The predicted molar refractivity (Wildman–Crippen MR) is 72.6 cm³/mol. The molecule has 0 saturated carbocycles. The van der Waals surface area contributed by atoms with Gasteiger partial charge in [0.25, 0.3) is 5.91 Å². The average Bonchev–Trinajstić information content (AvgIpc) is 3.01. The van der Waals surface area contributed by atoms with E-state index in [1.54, 1.807) is 12.1 Å². The van der Waals surface area contributed by atoms with Gasteiger partial charge in [0.1, 0.15) is 24.1 Å². The zero-order chi connectivity index (χ0) is 13.8. The maximum absolute atomic E-state index is 12.0. The minimum absolute atomic E-state index is 0.320. The Kier molecular flexibility index (Phi) is 3.58. The van der Waals surface area contributed by atoms with Gasteiger partial charge in [-0.1, -0.05) is 5.16 Å². The van der Waals surface area contributed by atoms with Crippen LogP contribution in [0.15, 0.2) is 29.2 Å². The fraction of sp³-hybridized carbons (Fsp3) is 0.385. The summed E-state index contributed by atoms with van der Waals surface area (Å²) in [6, 6.07) is 3.28. The molecule has 1 saturated heterocycles. The Balaban J connectivity index is 1.74. The van der Waals surface area contributed by atoms with Gasteiger partial charge in [-0.2, -0.15) is 0 Å². The first-order valence-electron chi connectivity index (χ1n) is 6.62. The van der Waals surface area contributed by atoms with E-state index in [2.05, 4.69) is 29.9 Å². The Bertz CT molecular complexity index is 578. The number of rotatable bonds is 3. The number of hydrogen-bond donors (Lipinski definition) is 1. The van der Waals surface area contributed by atoms with Crippen LogP contribution in [0.4, 0.5) is 11.6 Å². The highest BCUT2D eigenvalue weighted by Gasteiger charge is 2.15. The molecule has 104 valence electrons. The lowest BCUT2D eigenvalue weighted by molar-refractivity contribution is 0.102. The van der Waals surface area contributed by atoms with Crippen molar-refractivity contribution in [3.8, 4) is 0 Å². The number of piperidine rings is 1. The van der Waals surface area contributed by atoms with E-state index in [0.29, 0.717) is 11.5 Å². The van der Waals surface area contributed by atoms with Gasteiger partial charge in [0, 0.05) is 25.2 Å². The van der Waals surface area contributed by atoms with Crippen molar-refractivity contribution in [3.63, 3.8) is 0 Å². The third kappa shape index (κ3) is 2.76. The van der Waals surface area contributed by atoms with E-state index in [9.17, 15) is 4.79 Å². The Labute approximate surface area is 116 Å². The summed E-state index contributed by atoms with van der Waals surface area (Å²) >= 11 is 0. The minimum atomic E-state index is -0.320. The smallest absolute Gasteiger partial charge is 0.275 e. The van der Waals surface area contributed by atoms with Crippen molar-refractivity contribution in [2.24, 2.45) is 0 Å². The van der Waals surface area contributed by atoms with E-state index in [1.165, 1.54) is 19.0 Å². The molecule has 0 atom stereocenters. The molecule has 1 amide bonds. The molecule has 3 heterocycles. The summed E-state index contributed by atoms with van der Waals surface area (Å²) in [5.74, 6) is 0.845. The molecule has 0 radical (unpaired) electrons. The number of nitrogens with zero attached hydrogens (tertiary/aromatic N) is 4. The topological polar surface area (TPSA) is 84.2 Å². The third-order valence-corrected chi connectivity index (χ3v) is 3.24. The van der Waals surface area contributed by atoms with E-state index >= 15 is 0 Å². The predicted octanol–water partition coefficient (Wildman–Crippen LogP) is 1.71. The first-order chi connectivity index (χ1) is 9.83. The van der Waals surface area contributed by atoms with E-state index in [-0.39, 0.29) is 5.91 Å². The van der Waals surface area contributed by atoms with Crippen molar-refractivity contribution in [3.05, 3.63) is 30.4 Å². The molecule has 0 aromatic carbocycles. The molecule has 3 rings (SSSR count). The fourth-order valence-corrected chi connectivity index (χ4v) is 2.22. The number of aromatic nitrogens is 3. The average molecular weight is 273 g/mol. The second-order valence-corrected chi connectivity index (χ2v) is 4.65.